The first-order chi connectivity index (χ1) is 11.3. The zero-order chi connectivity index (χ0) is 16.1. The molecule has 1 aromatic carbocycles. The number of nitrogens with zero attached hydrogens (tertiary/aromatic N) is 2. The van der Waals surface area contributed by atoms with E-state index in [1.807, 2.05) is 12.3 Å². The highest BCUT2D eigenvalue weighted by atomic mass is 16.5. The molecule has 2 unspecified atom stereocenters. The van der Waals surface area contributed by atoms with Gasteiger partial charge in [-0.3, -0.25) is 9.88 Å². The summed E-state index contributed by atoms with van der Waals surface area (Å²) in [5, 5.41) is 0. The van der Waals surface area contributed by atoms with E-state index in [1.54, 1.807) is 0 Å². The van der Waals surface area contributed by atoms with Crippen molar-refractivity contribution in [3.05, 3.63) is 66.0 Å². The van der Waals surface area contributed by atoms with E-state index in [0.717, 1.165) is 32.0 Å². The summed E-state index contributed by atoms with van der Waals surface area (Å²) in [6.07, 6.45) is 1.90. The van der Waals surface area contributed by atoms with Crippen LogP contribution < -0.4 is 0 Å². The minimum atomic E-state index is 0.287. The van der Waals surface area contributed by atoms with Crippen LogP contribution >= 0.6 is 0 Å². The summed E-state index contributed by atoms with van der Waals surface area (Å²) >= 11 is 0. The van der Waals surface area contributed by atoms with Crippen LogP contribution in [0.3, 0.4) is 0 Å². The average Bonchev–Trinajstić information content (AvgIpc) is 2.61. The standard InChI is InChI=1S/C20H26N2O/c1-16(2)20(22-12-14-23-15-13-22)19(17-8-4-3-5-9-17)18-10-6-7-11-21-18/h3-11,16,19-20H,12-15H2,1-2H3. The summed E-state index contributed by atoms with van der Waals surface area (Å²) in [4.78, 5) is 7.28. The molecule has 2 heterocycles. The van der Waals surface area contributed by atoms with Gasteiger partial charge in [-0.15, -0.1) is 0 Å². The molecule has 1 fully saturated rings. The number of ether oxygens (including phenoxy) is 1. The van der Waals surface area contributed by atoms with Crippen molar-refractivity contribution in [1.29, 1.82) is 0 Å². The van der Waals surface area contributed by atoms with Gasteiger partial charge in [-0.25, -0.2) is 0 Å². The maximum Gasteiger partial charge on any atom is 0.0594 e. The van der Waals surface area contributed by atoms with E-state index in [2.05, 4.69) is 61.2 Å². The van der Waals surface area contributed by atoms with Crippen LogP contribution in [0.15, 0.2) is 54.7 Å². The second-order valence-corrected chi connectivity index (χ2v) is 6.53. The van der Waals surface area contributed by atoms with E-state index in [1.165, 1.54) is 5.56 Å². The Morgan fingerprint density at radius 2 is 1.65 bits per heavy atom. The molecule has 0 spiro atoms. The first kappa shape index (κ1) is 16.2. The van der Waals surface area contributed by atoms with Crippen LogP contribution in [-0.4, -0.2) is 42.2 Å². The molecule has 122 valence electrons. The molecule has 23 heavy (non-hydrogen) atoms. The van der Waals surface area contributed by atoms with E-state index < -0.39 is 0 Å². The van der Waals surface area contributed by atoms with Crippen LogP contribution in [0, 0.1) is 5.92 Å². The number of pyridine rings is 1. The monoisotopic (exact) mass is 310 g/mol. The smallest absolute Gasteiger partial charge is 0.0594 e. The zero-order valence-electron chi connectivity index (χ0n) is 14.1. The third-order valence-electron chi connectivity index (χ3n) is 4.66. The van der Waals surface area contributed by atoms with Gasteiger partial charge in [-0.1, -0.05) is 50.2 Å². The molecule has 0 N–H and O–H groups in total. The summed E-state index contributed by atoms with van der Waals surface area (Å²) in [6.45, 7) is 8.29. The van der Waals surface area contributed by atoms with Crippen LogP contribution in [0.5, 0.6) is 0 Å². The van der Waals surface area contributed by atoms with E-state index >= 15 is 0 Å². The fraction of sp³-hybridized carbons (Fsp3) is 0.450. The van der Waals surface area contributed by atoms with Gasteiger partial charge in [0.05, 0.1) is 13.2 Å². The number of morpholine rings is 1. The third-order valence-corrected chi connectivity index (χ3v) is 4.66. The summed E-state index contributed by atoms with van der Waals surface area (Å²) in [7, 11) is 0. The molecule has 2 aromatic rings. The Balaban J connectivity index is 2.01. The summed E-state index contributed by atoms with van der Waals surface area (Å²) in [5.74, 6) is 0.829. The quantitative estimate of drug-likeness (QED) is 0.844. The van der Waals surface area contributed by atoms with Crippen molar-refractivity contribution in [1.82, 2.24) is 9.88 Å². The minimum absolute atomic E-state index is 0.287. The maximum atomic E-state index is 5.56. The van der Waals surface area contributed by atoms with E-state index in [0.29, 0.717) is 12.0 Å². The Kier molecular flexibility index (Phi) is 5.42. The van der Waals surface area contributed by atoms with Crippen molar-refractivity contribution in [2.45, 2.75) is 25.8 Å². The predicted octanol–water partition coefficient (Wildman–Crippen LogP) is 3.57. The van der Waals surface area contributed by atoms with Gasteiger partial charge >= 0.3 is 0 Å². The normalized spacial score (nSPS) is 18.7. The minimum Gasteiger partial charge on any atom is -0.379 e. The molecule has 0 amide bonds. The number of aromatic nitrogens is 1. The Morgan fingerprint density at radius 3 is 2.26 bits per heavy atom. The highest BCUT2D eigenvalue weighted by molar-refractivity contribution is 5.31. The molecule has 2 atom stereocenters. The molecule has 3 heteroatoms. The van der Waals surface area contributed by atoms with Gasteiger partial charge in [0.1, 0.15) is 0 Å². The van der Waals surface area contributed by atoms with Gasteiger partial charge in [0.2, 0.25) is 0 Å². The number of benzene rings is 1. The van der Waals surface area contributed by atoms with Gasteiger partial charge in [0, 0.05) is 36.9 Å². The van der Waals surface area contributed by atoms with Crippen molar-refractivity contribution in [2.75, 3.05) is 26.3 Å². The van der Waals surface area contributed by atoms with Gasteiger partial charge in [-0.2, -0.15) is 0 Å². The molecular weight excluding hydrogens is 284 g/mol. The topological polar surface area (TPSA) is 25.4 Å². The highest BCUT2D eigenvalue weighted by Gasteiger charge is 2.33. The van der Waals surface area contributed by atoms with Crippen molar-refractivity contribution >= 4 is 0 Å². The molecule has 0 saturated carbocycles. The lowest BCUT2D eigenvalue weighted by molar-refractivity contribution is 0.00186. The molecule has 0 radical (unpaired) electrons. The van der Waals surface area contributed by atoms with Crippen molar-refractivity contribution in [3.63, 3.8) is 0 Å². The molecule has 1 aromatic heterocycles. The highest BCUT2D eigenvalue weighted by Crippen LogP contribution is 2.34. The molecule has 1 aliphatic rings. The van der Waals surface area contributed by atoms with Crippen LogP contribution in [0.25, 0.3) is 0 Å². The maximum absolute atomic E-state index is 5.56. The first-order valence-corrected chi connectivity index (χ1v) is 8.55. The SMILES string of the molecule is CC(C)C(C(c1ccccc1)c1ccccn1)N1CCOCC1. The van der Waals surface area contributed by atoms with Gasteiger partial charge < -0.3 is 4.74 Å². The van der Waals surface area contributed by atoms with Crippen LogP contribution in [0.2, 0.25) is 0 Å². The molecule has 0 aliphatic carbocycles. The average molecular weight is 310 g/mol. The summed E-state index contributed by atoms with van der Waals surface area (Å²) < 4.78 is 5.56. The number of rotatable bonds is 5. The summed E-state index contributed by atoms with van der Waals surface area (Å²) in [6, 6.07) is 17.5. The fourth-order valence-corrected chi connectivity index (χ4v) is 3.66. The van der Waals surface area contributed by atoms with Crippen molar-refractivity contribution in [3.8, 4) is 0 Å². The lowest BCUT2D eigenvalue weighted by Gasteiger charge is -2.41. The van der Waals surface area contributed by atoms with E-state index in [-0.39, 0.29) is 5.92 Å². The lowest BCUT2D eigenvalue weighted by Crippen LogP contribution is -2.49. The van der Waals surface area contributed by atoms with Gasteiger partial charge in [0.15, 0.2) is 0 Å². The zero-order valence-corrected chi connectivity index (χ0v) is 14.1. The Hall–Kier alpha value is -1.71. The van der Waals surface area contributed by atoms with E-state index in [4.69, 9.17) is 9.72 Å². The Morgan fingerprint density at radius 1 is 0.957 bits per heavy atom. The fourth-order valence-electron chi connectivity index (χ4n) is 3.66. The molecule has 1 aliphatic heterocycles. The van der Waals surface area contributed by atoms with Gasteiger partial charge in [0.25, 0.3) is 0 Å². The molecule has 0 bridgehead atoms. The number of hydrogen-bond acceptors (Lipinski definition) is 3. The summed E-state index contributed by atoms with van der Waals surface area (Å²) in [5.41, 5.74) is 2.50. The second kappa shape index (κ2) is 7.71. The third kappa shape index (κ3) is 3.80. The molecular formula is C20H26N2O. The van der Waals surface area contributed by atoms with Crippen molar-refractivity contribution < 1.29 is 4.74 Å². The van der Waals surface area contributed by atoms with E-state index in [9.17, 15) is 0 Å². The molecule has 1 saturated heterocycles. The lowest BCUT2D eigenvalue weighted by atomic mass is 9.81. The molecule has 3 nitrogen and oxygen atoms in total. The number of hydrogen-bond donors (Lipinski definition) is 0. The van der Waals surface area contributed by atoms with Crippen LogP contribution in [0.4, 0.5) is 0 Å². The second-order valence-electron chi connectivity index (χ2n) is 6.53. The largest absolute Gasteiger partial charge is 0.379 e. The Bertz CT molecular complexity index is 540. The Labute approximate surface area is 139 Å². The predicted molar refractivity (Wildman–Crippen MR) is 93.5 cm³/mol. The molecule has 3 rings (SSSR count). The first-order valence-electron chi connectivity index (χ1n) is 8.55. The van der Waals surface area contributed by atoms with Crippen LogP contribution in [0.1, 0.15) is 31.0 Å². The van der Waals surface area contributed by atoms with Gasteiger partial charge in [-0.05, 0) is 23.6 Å². The van der Waals surface area contributed by atoms with Crippen molar-refractivity contribution in [2.24, 2.45) is 5.92 Å². The van der Waals surface area contributed by atoms with Crippen LogP contribution in [-0.2, 0) is 4.74 Å².